The summed E-state index contributed by atoms with van der Waals surface area (Å²) >= 11 is 0. The second kappa shape index (κ2) is 4.87. The lowest BCUT2D eigenvalue weighted by atomic mass is 9.89. The predicted octanol–water partition coefficient (Wildman–Crippen LogP) is 2.77. The van der Waals surface area contributed by atoms with Crippen LogP contribution in [0, 0.1) is 17.3 Å². The van der Waals surface area contributed by atoms with Crippen molar-refractivity contribution in [3.05, 3.63) is 0 Å². The number of rotatable bonds is 5. The first-order valence-electron chi connectivity index (χ1n) is 6.87. The summed E-state index contributed by atoms with van der Waals surface area (Å²) in [7, 11) is 0. The van der Waals surface area contributed by atoms with E-state index >= 15 is 0 Å². The average molecular weight is 223 g/mol. The van der Waals surface area contributed by atoms with Crippen LogP contribution in [-0.4, -0.2) is 18.9 Å². The molecule has 1 aliphatic heterocycles. The maximum atomic E-state index is 12.0. The number of carbonyl (C=O) groups is 1. The molecule has 0 aromatic rings. The van der Waals surface area contributed by atoms with Crippen LogP contribution in [0.5, 0.6) is 0 Å². The van der Waals surface area contributed by atoms with Crippen molar-refractivity contribution in [3.8, 4) is 0 Å². The smallest absolute Gasteiger partial charge is 0.136 e. The molecule has 2 fully saturated rings. The Morgan fingerprint density at radius 2 is 2.06 bits per heavy atom. The van der Waals surface area contributed by atoms with Crippen LogP contribution in [0.3, 0.4) is 0 Å². The molecule has 1 aliphatic carbocycles. The first-order valence-corrected chi connectivity index (χ1v) is 6.87. The molecule has 1 saturated carbocycles. The average Bonchev–Trinajstić information content (AvgIpc) is 2.92. The second-order valence-electron chi connectivity index (χ2n) is 6.12. The fourth-order valence-electron chi connectivity index (χ4n) is 3.14. The van der Waals surface area contributed by atoms with E-state index in [1.54, 1.807) is 0 Å². The third-order valence-corrected chi connectivity index (χ3v) is 4.38. The molecule has 1 N–H and O–H groups in total. The van der Waals surface area contributed by atoms with Crippen molar-refractivity contribution >= 4 is 5.78 Å². The molecule has 1 unspecified atom stereocenters. The van der Waals surface area contributed by atoms with Gasteiger partial charge < -0.3 is 5.32 Å². The van der Waals surface area contributed by atoms with Crippen LogP contribution in [0.1, 0.15) is 52.4 Å². The fraction of sp³-hybridized carbons (Fsp3) is 0.929. The van der Waals surface area contributed by atoms with Crippen LogP contribution < -0.4 is 5.32 Å². The number of carbonyl (C=O) groups excluding carboxylic acids is 1. The molecule has 16 heavy (non-hydrogen) atoms. The van der Waals surface area contributed by atoms with Crippen molar-refractivity contribution in [3.63, 3.8) is 0 Å². The summed E-state index contributed by atoms with van der Waals surface area (Å²) in [5.41, 5.74) is 0.445. The van der Waals surface area contributed by atoms with E-state index in [4.69, 9.17) is 0 Å². The van der Waals surface area contributed by atoms with Gasteiger partial charge >= 0.3 is 0 Å². The minimum Gasteiger partial charge on any atom is -0.317 e. The molecule has 0 amide bonds. The van der Waals surface area contributed by atoms with Gasteiger partial charge in [0.2, 0.25) is 0 Å². The van der Waals surface area contributed by atoms with E-state index in [0.717, 1.165) is 31.8 Å². The monoisotopic (exact) mass is 223 g/mol. The Labute approximate surface area is 99.2 Å². The Morgan fingerprint density at radius 3 is 2.69 bits per heavy atom. The number of hydrogen-bond acceptors (Lipinski definition) is 2. The van der Waals surface area contributed by atoms with E-state index in [1.807, 2.05) is 0 Å². The normalized spacial score (nSPS) is 27.3. The fourth-order valence-corrected chi connectivity index (χ4v) is 3.14. The summed E-state index contributed by atoms with van der Waals surface area (Å²) in [5.74, 6) is 1.73. The highest BCUT2D eigenvalue weighted by Gasteiger charge is 2.56. The third-order valence-electron chi connectivity index (χ3n) is 4.38. The van der Waals surface area contributed by atoms with Crippen LogP contribution in [-0.2, 0) is 4.79 Å². The molecule has 1 atom stereocenters. The lowest BCUT2D eigenvalue weighted by Gasteiger charge is -2.23. The Bertz CT molecular complexity index is 253. The van der Waals surface area contributed by atoms with Gasteiger partial charge in [-0.1, -0.05) is 20.3 Å². The van der Waals surface area contributed by atoms with Gasteiger partial charge in [-0.2, -0.15) is 0 Å². The zero-order chi connectivity index (χ0) is 11.6. The lowest BCUT2D eigenvalue weighted by molar-refractivity contribution is -0.121. The highest BCUT2D eigenvalue weighted by molar-refractivity contribution is 5.84. The number of nitrogens with one attached hydrogen (secondary N) is 1. The molecule has 0 radical (unpaired) electrons. The van der Waals surface area contributed by atoms with Crippen molar-refractivity contribution in [1.82, 2.24) is 5.32 Å². The van der Waals surface area contributed by atoms with Crippen LogP contribution in [0.15, 0.2) is 0 Å². The Balaban J connectivity index is 1.71. The molecule has 1 heterocycles. The van der Waals surface area contributed by atoms with Crippen LogP contribution in [0.2, 0.25) is 0 Å². The largest absolute Gasteiger partial charge is 0.317 e. The molecule has 2 heteroatoms. The topological polar surface area (TPSA) is 29.1 Å². The van der Waals surface area contributed by atoms with Gasteiger partial charge in [0.25, 0.3) is 0 Å². The molecule has 2 aliphatic rings. The summed E-state index contributed by atoms with van der Waals surface area (Å²) in [5, 5.41) is 3.39. The molecule has 2 nitrogen and oxygen atoms in total. The highest BCUT2D eigenvalue weighted by Crippen LogP contribution is 2.59. The number of hydrogen-bond donors (Lipinski definition) is 1. The summed E-state index contributed by atoms with van der Waals surface area (Å²) in [6.07, 6.45) is 6.78. The zero-order valence-electron chi connectivity index (χ0n) is 10.7. The van der Waals surface area contributed by atoms with Gasteiger partial charge in [0, 0.05) is 12.3 Å². The Morgan fingerprint density at radius 1 is 1.38 bits per heavy atom. The first-order chi connectivity index (χ1) is 7.64. The Hall–Kier alpha value is -0.370. The first kappa shape index (κ1) is 12.1. The summed E-state index contributed by atoms with van der Waals surface area (Å²) in [6, 6.07) is 0. The van der Waals surface area contributed by atoms with Gasteiger partial charge in [-0.25, -0.2) is 0 Å². The van der Waals surface area contributed by atoms with E-state index in [-0.39, 0.29) is 0 Å². The summed E-state index contributed by atoms with van der Waals surface area (Å²) < 4.78 is 0. The van der Waals surface area contributed by atoms with Crippen molar-refractivity contribution in [2.45, 2.75) is 52.4 Å². The van der Waals surface area contributed by atoms with Crippen LogP contribution in [0.25, 0.3) is 0 Å². The van der Waals surface area contributed by atoms with E-state index in [2.05, 4.69) is 19.2 Å². The Kier molecular flexibility index (Phi) is 3.68. The summed E-state index contributed by atoms with van der Waals surface area (Å²) in [6.45, 7) is 6.71. The second-order valence-corrected chi connectivity index (χ2v) is 6.12. The summed E-state index contributed by atoms with van der Waals surface area (Å²) in [4.78, 5) is 12.0. The molecule has 2 rings (SSSR count). The lowest BCUT2D eigenvalue weighted by Crippen LogP contribution is -2.30. The minimum absolute atomic E-state index is 0.432. The predicted molar refractivity (Wildman–Crippen MR) is 66.3 cm³/mol. The molecular formula is C14H25NO. The number of Topliss-reactive ketones (excluding diaryl/α,β-unsaturated/α-hetero) is 1. The van der Waals surface area contributed by atoms with Gasteiger partial charge in [0.15, 0.2) is 0 Å². The molecule has 1 spiro atoms. The molecule has 92 valence electrons. The maximum Gasteiger partial charge on any atom is 0.136 e. The number of ketones is 1. The SMILES string of the molecule is CC(C)CCCC(=O)C1CC12CCNCC2. The van der Waals surface area contributed by atoms with Crippen LogP contribution in [0.4, 0.5) is 0 Å². The van der Waals surface area contributed by atoms with E-state index in [0.29, 0.717) is 17.1 Å². The van der Waals surface area contributed by atoms with Crippen molar-refractivity contribution < 1.29 is 4.79 Å². The van der Waals surface area contributed by atoms with Crippen molar-refractivity contribution in [2.24, 2.45) is 17.3 Å². The molecule has 0 aromatic carbocycles. The number of piperidine rings is 1. The van der Waals surface area contributed by atoms with E-state index < -0.39 is 0 Å². The van der Waals surface area contributed by atoms with Gasteiger partial charge in [-0.3, -0.25) is 4.79 Å². The van der Waals surface area contributed by atoms with Crippen LogP contribution >= 0.6 is 0 Å². The van der Waals surface area contributed by atoms with Crippen molar-refractivity contribution in [1.29, 1.82) is 0 Å². The molecular weight excluding hydrogens is 198 g/mol. The molecule has 1 saturated heterocycles. The maximum absolute atomic E-state index is 12.0. The van der Waals surface area contributed by atoms with E-state index in [1.165, 1.54) is 25.7 Å². The van der Waals surface area contributed by atoms with E-state index in [9.17, 15) is 4.79 Å². The van der Waals surface area contributed by atoms with Gasteiger partial charge in [-0.05, 0) is 50.1 Å². The molecule has 0 aromatic heterocycles. The zero-order valence-corrected chi connectivity index (χ0v) is 10.7. The highest BCUT2D eigenvalue weighted by atomic mass is 16.1. The third kappa shape index (κ3) is 2.65. The quantitative estimate of drug-likeness (QED) is 0.776. The van der Waals surface area contributed by atoms with Gasteiger partial charge in [0.1, 0.15) is 5.78 Å². The minimum atomic E-state index is 0.432. The van der Waals surface area contributed by atoms with Gasteiger partial charge in [0.05, 0.1) is 0 Å². The van der Waals surface area contributed by atoms with Crippen molar-refractivity contribution in [2.75, 3.05) is 13.1 Å². The standard InChI is InChI=1S/C14H25NO/c1-11(2)4-3-5-13(16)12-10-14(12)6-8-15-9-7-14/h11-12,15H,3-10H2,1-2H3. The molecule has 0 bridgehead atoms. The van der Waals surface area contributed by atoms with Gasteiger partial charge in [-0.15, -0.1) is 0 Å².